The van der Waals surface area contributed by atoms with Crippen LogP contribution in [0.15, 0.2) is 0 Å². The summed E-state index contributed by atoms with van der Waals surface area (Å²) in [7, 11) is 3.43. The second-order valence-electron chi connectivity index (χ2n) is 3.05. The van der Waals surface area contributed by atoms with E-state index in [1.54, 1.807) is 7.11 Å². The van der Waals surface area contributed by atoms with Gasteiger partial charge in [-0.3, -0.25) is 9.69 Å². The molecule has 0 bridgehead atoms. The van der Waals surface area contributed by atoms with Crippen molar-refractivity contribution in [3.8, 4) is 0 Å². The van der Waals surface area contributed by atoms with Gasteiger partial charge in [0.25, 0.3) is 0 Å². The number of nitrogens with zero attached hydrogens (tertiary/aromatic N) is 1. The molecule has 0 saturated heterocycles. The second kappa shape index (κ2) is 6.18. The van der Waals surface area contributed by atoms with E-state index < -0.39 is 11.3 Å². The van der Waals surface area contributed by atoms with Gasteiger partial charge in [0.05, 0.1) is 6.61 Å². The summed E-state index contributed by atoms with van der Waals surface area (Å²) in [6, 6.07) is 0.172. The molecule has 0 saturated carbocycles. The molecule has 0 heterocycles. The van der Waals surface area contributed by atoms with E-state index in [-0.39, 0.29) is 6.04 Å². The maximum absolute atomic E-state index is 10.4. The van der Waals surface area contributed by atoms with Crippen LogP contribution >= 0.6 is 11.6 Å². The lowest BCUT2D eigenvalue weighted by Gasteiger charge is -2.24. The Balaban J connectivity index is 3.84. The monoisotopic (exact) mass is 209 g/mol. The third-order valence-corrected chi connectivity index (χ3v) is 2.20. The number of hydrogen-bond acceptors (Lipinski definition) is 3. The number of alkyl halides is 1. The van der Waals surface area contributed by atoms with Crippen molar-refractivity contribution in [2.45, 2.75) is 18.3 Å². The van der Waals surface area contributed by atoms with Crippen LogP contribution in [0, 0.1) is 0 Å². The summed E-state index contributed by atoms with van der Waals surface area (Å²) < 4.78 is 4.93. The minimum Gasteiger partial charge on any atom is -0.480 e. The number of rotatable bonds is 6. The topological polar surface area (TPSA) is 49.8 Å². The zero-order chi connectivity index (χ0) is 10.4. The second-order valence-corrected chi connectivity index (χ2v) is 3.58. The molecule has 0 aliphatic rings. The number of methoxy groups -OCH3 is 1. The number of hydrogen-bond donors (Lipinski definition) is 1. The van der Waals surface area contributed by atoms with Crippen LogP contribution in [0.1, 0.15) is 6.92 Å². The Morgan fingerprint density at radius 2 is 2.23 bits per heavy atom. The molecule has 0 aromatic carbocycles. The molecule has 5 heteroatoms. The minimum absolute atomic E-state index is 0.172. The van der Waals surface area contributed by atoms with Crippen LogP contribution in [-0.2, 0) is 9.53 Å². The van der Waals surface area contributed by atoms with Gasteiger partial charge in [0, 0.05) is 19.7 Å². The van der Waals surface area contributed by atoms with E-state index in [4.69, 9.17) is 21.4 Å². The van der Waals surface area contributed by atoms with Gasteiger partial charge >= 0.3 is 5.97 Å². The van der Waals surface area contributed by atoms with Gasteiger partial charge in [-0.1, -0.05) is 0 Å². The highest BCUT2D eigenvalue weighted by molar-refractivity contribution is 6.29. The Hall–Kier alpha value is -0.320. The lowest BCUT2D eigenvalue weighted by Crippen LogP contribution is -2.39. The van der Waals surface area contributed by atoms with Crippen molar-refractivity contribution < 1.29 is 14.6 Å². The SMILES string of the molecule is COCC(C)N(C)CC(Cl)C(=O)O. The van der Waals surface area contributed by atoms with Crippen LogP contribution in [0.4, 0.5) is 0 Å². The van der Waals surface area contributed by atoms with Crippen LogP contribution in [0.3, 0.4) is 0 Å². The Bertz CT molecular complexity index is 165. The average Bonchev–Trinajstić information content (AvgIpc) is 2.04. The molecule has 1 N–H and O–H groups in total. The highest BCUT2D eigenvalue weighted by Crippen LogP contribution is 2.02. The van der Waals surface area contributed by atoms with Gasteiger partial charge in [0.1, 0.15) is 5.38 Å². The van der Waals surface area contributed by atoms with Crippen molar-refractivity contribution >= 4 is 17.6 Å². The minimum atomic E-state index is -0.988. The van der Waals surface area contributed by atoms with Crippen molar-refractivity contribution in [3.05, 3.63) is 0 Å². The lowest BCUT2D eigenvalue weighted by molar-refractivity contribution is -0.137. The van der Waals surface area contributed by atoms with Crippen molar-refractivity contribution in [2.24, 2.45) is 0 Å². The normalized spacial score (nSPS) is 15.8. The maximum atomic E-state index is 10.4. The average molecular weight is 210 g/mol. The molecule has 2 unspecified atom stereocenters. The first-order valence-electron chi connectivity index (χ1n) is 4.05. The van der Waals surface area contributed by atoms with E-state index >= 15 is 0 Å². The first kappa shape index (κ1) is 12.7. The largest absolute Gasteiger partial charge is 0.480 e. The summed E-state index contributed by atoms with van der Waals surface area (Å²) in [6.07, 6.45) is 0. The first-order valence-corrected chi connectivity index (χ1v) is 4.48. The zero-order valence-corrected chi connectivity index (χ0v) is 8.91. The predicted octanol–water partition coefficient (Wildman–Crippen LogP) is 0.645. The van der Waals surface area contributed by atoms with Crippen molar-refractivity contribution in [2.75, 3.05) is 27.3 Å². The van der Waals surface area contributed by atoms with E-state index in [1.165, 1.54) is 0 Å². The Morgan fingerprint density at radius 1 is 1.69 bits per heavy atom. The first-order chi connectivity index (χ1) is 5.99. The number of aliphatic carboxylic acids is 1. The molecule has 2 atom stereocenters. The summed E-state index contributed by atoms with van der Waals surface area (Å²) in [5.41, 5.74) is 0. The third kappa shape index (κ3) is 5.08. The fourth-order valence-electron chi connectivity index (χ4n) is 0.879. The third-order valence-electron chi connectivity index (χ3n) is 1.88. The smallest absolute Gasteiger partial charge is 0.322 e. The van der Waals surface area contributed by atoms with Gasteiger partial charge < -0.3 is 9.84 Å². The van der Waals surface area contributed by atoms with E-state index in [2.05, 4.69) is 0 Å². The number of likely N-dealkylation sites (N-methyl/N-ethyl adjacent to an activating group) is 1. The van der Waals surface area contributed by atoms with E-state index in [0.29, 0.717) is 13.2 Å². The summed E-state index contributed by atoms with van der Waals surface area (Å²) in [5.74, 6) is -0.988. The summed E-state index contributed by atoms with van der Waals surface area (Å²) in [6.45, 7) is 2.84. The Kier molecular flexibility index (Phi) is 6.03. The molecule has 0 aromatic rings. The Morgan fingerprint density at radius 3 is 2.62 bits per heavy atom. The van der Waals surface area contributed by atoms with Crippen LogP contribution in [0.2, 0.25) is 0 Å². The number of halogens is 1. The van der Waals surface area contributed by atoms with E-state index in [0.717, 1.165) is 0 Å². The molecule has 0 aliphatic heterocycles. The van der Waals surface area contributed by atoms with Gasteiger partial charge in [-0.2, -0.15) is 0 Å². The molecule has 4 nitrogen and oxygen atoms in total. The molecule has 13 heavy (non-hydrogen) atoms. The van der Waals surface area contributed by atoms with Crippen LogP contribution in [0.5, 0.6) is 0 Å². The number of carboxylic acids is 1. The van der Waals surface area contributed by atoms with Gasteiger partial charge in [-0.15, -0.1) is 11.6 Å². The molecule has 0 spiro atoms. The highest BCUT2D eigenvalue weighted by atomic mass is 35.5. The molecule has 0 fully saturated rings. The standard InChI is InChI=1S/C8H16ClNO3/c1-6(5-13-3)10(2)4-7(9)8(11)12/h6-7H,4-5H2,1-3H3,(H,11,12). The fourth-order valence-corrected chi connectivity index (χ4v) is 1.10. The van der Waals surface area contributed by atoms with Crippen molar-refractivity contribution in [1.82, 2.24) is 4.90 Å². The van der Waals surface area contributed by atoms with Gasteiger partial charge in [-0.05, 0) is 14.0 Å². The van der Waals surface area contributed by atoms with Gasteiger partial charge in [-0.25, -0.2) is 0 Å². The molecule has 0 amide bonds. The predicted molar refractivity (Wildman–Crippen MR) is 51.2 cm³/mol. The van der Waals surface area contributed by atoms with E-state index in [1.807, 2.05) is 18.9 Å². The number of carbonyl (C=O) groups is 1. The van der Waals surface area contributed by atoms with Crippen molar-refractivity contribution in [1.29, 1.82) is 0 Å². The Labute approximate surface area is 83.4 Å². The molecule has 0 aromatic heterocycles. The molecule has 0 rings (SSSR count). The molecule has 0 radical (unpaired) electrons. The summed E-state index contributed by atoms with van der Waals surface area (Å²) in [4.78, 5) is 12.3. The van der Waals surface area contributed by atoms with Crippen LogP contribution < -0.4 is 0 Å². The zero-order valence-electron chi connectivity index (χ0n) is 8.16. The fraction of sp³-hybridized carbons (Fsp3) is 0.875. The van der Waals surface area contributed by atoms with Crippen molar-refractivity contribution in [3.63, 3.8) is 0 Å². The highest BCUT2D eigenvalue weighted by Gasteiger charge is 2.18. The van der Waals surface area contributed by atoms with Crippen LogP contribution in [0.25, 0.3) is 0 Å². The summed E-state index contributed by atoms with van der Waals surface area (Å²) >= 11 is 5.57. The molecular formula is C8H16ClNO3. The maximum Gasteiger partial charge on any atom is 0.322 e. The number of carboxylic acid groups (broad SMARTS) is 1. The number of ether oxygens (including phenoxy) is 1. The van der Waals surface area contributed by atoms with Gasteiger partial charge in [0.2, 0.25) is 0 Å². The molecule has 78 valence electrons. The summed E-state index contributed by atoms with van der Waals surface area (Å²) in [5, 5.41) is 7.70. The molecule has 0 aliphatic carbocycles. The van der Waals surface area contributed by atoms with Crippen LogP contribution in [-0.4, -0.2) is 54.7 Å². The molecular weight excluding hydrogens is 194 g/mol. The quantitative estimate of drug-likeness (QED) is 0.653. The lowest BCUT2D eigenvalue weighted by atomic mass is 10.3. The van der Waals surface area contributed by atoms with E-state index in [9.17, 15) is 4.79 Å². The van der Waals surface area contributed by atoms with Gasteiger partial charge in [0.15, 0.2) is 0 Å².